The van der Waals surface area contributed by atoms with Gasteiger partial charge in [-0.25, -0.2) is 0 Å². The van der Waals surface area contributed by atoms with Gasteiger partial charge in [0.15, 0.2) is 5.78 Å². The molecule has 15 heavy (non-hydrogen) atoms. The number of nitrogens with two attached hydrogens (primary N) is 1. The van der Waals surface area contributed by atoms with Crippen molar-refractivity contribution < 1.29 is 4.79 Å². The summed E-state index contributed by atoms with van der Waals surface area (Å²) in [6.07, 6.45) is 0.743. The van der Waals surface area contributed by atoms with E-state index in [0.29, 0.717) is 5.92 Å². The van der Waals surface area contributed by atoms with Crippen LogP contribution in [-0.2, 0) is 0 Å². The smallest absolute Gasteiger partial charge is 0.179 e. The number of rotatable bonds is 4. The largest absolute Gasteiger partial charge is 0.321 e. The van der Waals surface area contributed by atoms with Crippen LogP contribution in [-0.4, -0.2) is 11.8 Å². The Morgan fingerprint density at radius 3 is 2.47 bits per heavy atom. The highest BCUT2D eigenvalue weighted by molar-refractivity contribution is 6.01. The lowest BCUT2D eigenvalue weighted by Crippen LogP contribution is -2.32. The van der Waals surface area contributed by atoms with Crippen LogP contribution in [0.3, 0.4) is 0 Å². The van der Waals surface area contributed by atoms with Gasteiger partial charge in [-0.15, -0.1) is 0 Å². The van der Waals surface area contributed by atoms with Crippen LogP contribution in [0.25, 0.3) is 0 Å². The highest BCUT2D eigenvalue weighted by Crippen LogP contribution is 2.13. The van der Waals surface area contributed by atoms with E-state index in [1.165, 1.54) is 0 Å². The molecule has 1 atom stereocenters. The molecule has 0 fully saturated rings. The lowest BCUT2D eigenvalue weighted by Gasteiger charge is -2.14. The van der Waals surface area contributed by atoms with E-state index in [4.69, 9.17) is 5.73 Å². The van der Waals surface area contributed by atoms with E-state index in [9.17, 15) is 4.79 Å². The minimum Gasteiger partial charge on any atom is -0.321 e. The van der Waals surface area contributed by atoms with Crippen molar-refractivity contribution in [2.75, 3.05) is 0 Å². The Labute approximate surface area is 91.5 Å². The Morgan fingerprint density at radius 2 is 1.93 bits per heavy atom. The maximum atomic E-state index is 12.0. The standard InChI is InChI=1S/C13H19NO/c1-9(2)8-12(14)13(15)11-7-5-4-6-10(11)3/h4-7,9,12H,8,14H2,1-3H3. The Kier molecular flexibility index (Phi) is 4.04. The summed E-state index contributed by atoms with van der Waals surface area (Å²) in [7, 11) is 0. The van der Waals surface area contributed by atoms with Crippen molar-refractivity contribution in [2.45, 2.75) is 33.2 Å². The molecule has 0 saturated heterocycles. The average molecular weight is 205 g/mol. The van der Waals surface area contributed by atoms with Gasteiger partial charge in [0.25, 0.3) is 0 Å². The summed E-state index contributed by atoms with van der Waals surface area (Å²) in [5.41, 5.74) is 7.63. The molecule has 2 N–H and O–H groups in total. The second kappa shape index (κ2) is 5.08. The number of Topliss-reactive ketones (excluding diaryl/α,β-unsaturated/α-hetero) is 1. The second-order valence-corrected chi connectivity index (χ2v) is 4.42. The third-order valence-corrected chi connectivity index (χ3v) is 2.47. The Hall–Kier alpha value is -1.15. The van der Waals surface area contributed by atoms with Crippen molar-refractivity contribution in [3.8, 4) is 0 Å². The third kappa shape index (κ3) is 3.17. The zero-order valence-electron chi connectivity index (χ0n) is 9.66. The van der Waals surface area contributed by atoms with Gasteiger partial charge >= 0.3 is 0 Å². The van der Waals surface area contributed by atoms with Crippen LogP contribution in [0.1, 0.15) is 36.2 Å². The number of carbonyl (C=O) groups is 1. The zero-order valence-corrected chi connectivity index (χ0v) is 9.66. The topological polar surface area (TPSA) is 43.1 Å². The van der Waals surface area contributed by atoms with Crippen LogP contribution in [0.15, 0.2) is 24.3 Å². The molecular formula is C13H19NO. The molecule has 1 aromatic rings. The van der Waals surface area contributed by atoms with E-state index in [-0.39, 0.29) is 11.8 Å². The number of hydrogen-bond donors (Lipinski definition) is 1. The molecule has 0 saturated carbocycles. The lowest BCUT2D eigenvalue weighted by atomic mass is 9.94. The van der Waals surface area contributed by atoms with Gasteiger partial charge in [-0.3, -0.25) is 4.79 Å². The van der Waals surface area contributed by atoms with E-state index in [2.05, 4.69) is 13.8 Å². The van der Waals surface area contributed by atoms with Gasteiger partial charge in [0.05, 0.1) is 6.04 Å². The van der Waals surface area contributed by atoms with E-state index < -0.39 is 0 Å². The number of carbonyl (C=O) groups excluding carboxylic acids is 1. The molecule has 0 aliphatic carbocycles. The molecule has 0 aromatic heterocycles. The van der Waals surface area contributed by atoms with Crippen molar-refractivity contribution >= 4 is 5.78 Å². The summed E-state index contributed by atoms with van der Waals surface area (Å²) >= 11 is 0. The Balaban J connectivity index is 2.81. The van der Waals surface area contributed by atoms with E-state index in [0.717, 1.165) is 17.5 Å². The Morgan fingerprint density at radius 1 is 1.33 bits per heavy atom. The molecule has 2 heteroatoms. The van der Waals surface area contributed by atoms with Crippen LogP contribution in [0.2, 0.25) is 0 Å². The normalized spacial score (nSPS) is 12.9. The molecule has 0 radical (unpaired) electrons. The first kappa shape index (κ1) is 11.9. The van der Waals surface area contributed by atoms with Crippen LogP contribution >= 0.6 is 0 Å². The van der Waals surface area contributed by atoms with Crippen LogP contribution < -0.4 is 5.73 Å². The predicted molar refractivity (Wildman–Crippen MR) is 62.9 cm³/mol. The fraction of sp³-hybridized carbons (Fsp3) is 0.462. The minimum absolute atomic E-state index is 0.0572. The summed E-state index contributed by atoms with van der Waals surface area (Å²) in [6.45, 7) is 6.09. The van der Waals surface area contributed by atoms with Crippen molar-refractivity contribution in [1.29, 1.82) is 0 Å². The molecule has 0 spiro atoms. The molecule has 1 rings (SSSR count). The second-order valence-electron chi connectivity index (χ2n) is 4.42. The van der Waals surface area contributed by atoms with E-state index in [1.807, 2.05) is 31.2 Å². The maximum absolute atomic E-state index is 12.0. The molecule has 0 bridgehead atoms. The molecule has 0 amide bonds. The predicted octanol–water partition coefficient (Wildman–Crippen LogP) is 2.55. The monoisotopic (exact) mass is 205 g/mol. The van der Waals surface area contributed by atoms with Gasteiger partial charge in [0, 0.05) is 5.56 Å². The van der Waals surface area contributed by atoms with Crippen molar-refractivity contribution in [3.05, 3.63) is 35.4 Å². The first-order valence-corrected chi connectivity index (χ1v) is 5.37. The summed E-state index contributed by atoms with van der Waals surface area (Å²) in [6, 6.07) is 7.22. The van der Waals surface area contributed by atoms with Crippen molar-refractivity contribution in [1.82, 2.24) is 0 Å². The van der Waals surface area contributed by atoms with Gasteiger partial charge < -0.3 is 5.73 Å². The molecule has 82 valence electrons. The Bertz CT molecular complexity index is 344. The van der Waals surface area contributed by atoms with E-state index >= 15 is 0 Å². The molecule has 0 heterocycles. The molecule has 0 aliphatic rings. The maximum Gasteiger partial charge on any atom is 0.179 e. The van der Waals surface area contributed by atoms with Crippen LogP contribution in [0.5, 0.6) is 0 Å². The van der Waals surface area contributed by atoms with Crippen LogP contribution in [0.4, 0.5) is 0 Å². The number of hydrogen-bond acceptors (Lipinski definition) is 2. The minimum atomic E-state index is -0.369. The molecule has 0 aliphatic heterocycles. The van der Waals surface area contributed by atoms with Crippen molar-refractivity contribution in [2.24, 2.45) is 11.7 Å². The van der Waals surface area contributed by atoms with Gasteiger partial charge in [0.1, 0.15) is 0 Å². The van der Waals surface area contributed by atoms with Crippen LogP contribution in [0, 0.1) is 12.8 Å². The van der Waals surface area contributed by atoms with Gasteiger partial charge in [0.2, 0.25) is 0 Å². The first-order valence-electron chi connectivity index (χ1n) is 5.37. The van der Waals surface area contributed by atoms with Crippen molar-refractivity contribution in [3.63, 3.8) is 0 Å². The summed E-state index contributed by atoms with van der Waals surface area (Å²) in [5, 5.41) is 0. The van der Waals surface area contributed by atoms with E-state index in [1.54, 1.807) is 0 Å². The summed E-state index contributed by atoms with van der Waals surface area (Å²) < 4.78 is 0. The van der Waals surface area contributed by atoms with Gasteiger partial charge in [-0.05, 0) is 24.8 Å². The van der Waals surface area contributed by atoms with Gasteiger partial charge in [-0.2, -0.15) is 0 Å². The SMILES string of the molecule is Cc1ccccc1C(=O)C(N)CC(C)C. The van der Waals surface area contributed by atoms with Gasteiger partial charge in [-0.1, -0.05) is 38.1 Å². The molecule has 1 unspecified atom stereocenters. The highest BCUT2D eigenvalue weighted by atomic mass is 16.1. The quantitative estimate of drug-likeness (QED) is 0.768. The first-order chi connectivity index (χ1) is 7.02. The number of benzene rings is 1. The summed E-state index contributed by atoms with van der Waals surface area (Å²) in [4.78, 5) is 12.0. The fourth-order valence-electron chi connectivity index (χ4n) is 1.66. The highest BCUT2D eigenvalue weighted by Gasteiger charge is 2.17. The number of ketones is 1. The third-order valence-electron chi connectivity index (χ3n) is 2.47. The molecule has 1 aromatic carbocycles. The molecular weight excluding hydrogens is 186 g/mol. The summed E-state index contributed by atoms with van der Waals surface area (Å²) in [5.74, 6) is 0.509. The molecule has 2 nitrogen and oxygen atoms in total. The fourth-order valence-corrected chi connectivity index (χ4v) is 1.66. The average Bonchev–Trinajstić information content (AvgIpc) is 2.16. The zero-order chi connectivity index (χ0) is 11.4. The lowest BCUT2D eigenvalue weighted by molar-refractivity contribution is 0.0950. The number of aryl methyl sites for hydroxylation is 1.